The van der Waals surface area contributed by atoms with Gasteiger partial charge in [0, 0.05) is 12.8 Å². The lowest BCUT2D eigenvalue weighted by Gasteiger charge is -2.28. The van der Waals surface area contributed by atoms with Crippen LogP contribution in [0.1, 0.15) is 66.2 Å². The maximum absolute atomic E-state index is 13.1. The molecular formula is C22H39N5O8. The number of carbonyl (C=O) groups excluding carboxylic acids is 4. The molecule has 13 nitrogen and oxygen atoms in total. The summed E-state index contributed by atoms with van der Waals surface area (Å²) in [5.41, 5.74) is 10.9. The number of amides is 4. The number of carboxylic acids is 2. The second-order valence-electron chi connectivity index (χ2n) is 8.69. The van der Waals surface area contributed by atoms with Crippen LogP contribution in [0, 0.1) is 11.8 Å². The monoisotopic (exact) mass is 501 g/mol. The van der Waals surface area contributed by atoms with Crippen molar-refractivity contribution >= 4 is 35.6 Å². The van der Waals surface area contributed by atoms with E-state index in [0.29, 0.717) is 12.8 Å². The van der Waals surface area contributed by atoms with Crippen LogP contribution in [0.5, 0.6) is 0 Å². The average Bonchev–Trinajstić information content (AvgIpc) is 2.79. The Morgan fingerprint density at radius 1 is 0.743 bits per heavy atom. The summed E-state index contributed by atoms with van der Waals surface area (Å²) < 4.78 is 0. The molecule has 0 aromatic rings. The highest BCUT2D eigenvalue weighted by Crippen LogP contribution is 2.12. The maximum atomic E-state index is 13.1. The molecule has 0 saturated heterocycles. The Kier molecular flexibility index (Phi) is 14.2. The number of carbonyl (C=O) groups is 6. The molecule has 6 unspecified atom stereocenters. The summed E-state index contributed by atoms with van der Waals surface area (Å²) >= 11 is 0. The van der Waals surface area contributed by atoms with Gasteiger partial charge >= 0.3 is 11.9 Å². The zero-order chi connectivity index (χ0) is 27.3. The van der Waals surface area contributed by atoms with E-state index in [-0.39, 0.29) is 25.7 Å². The predicted octanol–water partition coefficient (Wildman–Crippen LogP) is -0.925. The number of hydrogen-bond donors (Lipinski definition) is 7. The van der Waals surface area contributed by atoms with Gasteiger partial charge in [-0.1, -0.05) is 40.5 Å². The van der Waals surface area contributed by atoms with Crippen molar-refractivity contribution in [2.75, 3.05) is 0 Å². The molecule has 0 heterocycles. The highest BCUT2D eigenvalue weighted by atomic mass is 16.4. The fourth-order valence-corrected chi connectivity index (χ4v) is 3.13. The fraction of sp³-hybridized carbons (Fsp3) is 0.727. The number of rotatable bonds is 17. The zero-order valence-electron chi connectivity index (χ0n) is 20.7. The highest BCUT2D eigenvalue weighted by Gasteiger charge is 2.33. The van der Waals surface area contributed by atoms with Crippen LogP contribution >= 0.6 is 0 Å². The molecule has 6 atom stereocenters. The first-order valence-electron chi connectivity index (χ1n) is 11.6. The van der Waals surface area contributed by atoms with Gasteiger partial charge in [0.2, 0.25) is 23.6 Å². The summed E-state index contributed by atoms with van der Waals surface area (Å²) in [7, 11) is 0. The minimum atomic E-state index is -1.29. The molecule has 0 bridgehead atoms. The van der Waals surface area contributed by atoms with Gasteiger partial charge in [-0.05, 0) is 24.7 Å². The van der Waals surface area contributed by atoms with Crippen LogP contribution in [0.3, 0.4) is 0 Å². The molecule has 0 aromatic carbocycles. The van der Waals surface area contributed by atoms with Gasteiger partial charge in [0.05, 0.1) is 6.04 Å². The number of nitrogens with one attached hydrogen (secondary N) is 3. The molecule has 200 valence electrons. The molecule has 13 heteroatoms. The van der Waals surface area contributed by atoms with E-state index in [2.05, 4.69) is 16.0 Å². The SMILES string of the molecule is CCC(C)C(NC(=O)C(CCC(N)=O)NC(=O)C(NC(=O)C(N)CCC(=O)O)C(C)CC)C(=O)O. The largest absolute Gasteiger partial charge is 0.481 e. The van der Waals surface area contributed by atoms with Crippen molar-refractivity contribution in [1.82, 2.24) is 16.0 Å². The van der Waals surface area contributed by atoms with Crippen molar-refractivity contribution in [3.8, 4) is 0 Å². The van der Waals surface area contributed by atoms with E-state index in [1.807, 2.05) is 0 Å². The van der Waals surface area contributed by atoms with E-state index >= 15 is 0 Å². The number of hydrogen-bond acceptors (Lipinski definition) is 7. The van der Waals surface area contributed by atoms with E-state index < -0.39 is 71.6 Å². The van der Waals surface area contributed by atoms with Crippen LogP contribution in [0.4, 0.5) is 0 Å². The van der Waals surface area contributed by atoms with Crippen molar-refractivity contribution in [3.63, 3.8) is 0 Å². The Labute approximate surface area is 204 Å². The van der Waals surface area contributed by atoms with E-state index in [9.17, 15) is 33.9 Å². The maximum Gasteiger partial charge on any atom is 0.326 e. The number of primary amides is 1. The average molecular weight is 502 g/mol. The van der Waals surface area contributed by atoms with Crippen LogP contribution in [0.15, 0.2) is 0 Å². The zero-order valence-corrected chi connectivity index (χ0v) is 20.7. The standard InChI is InChI=1S/C22H39N5O8/c1-5-11(3)17(26-19(31)13(23)7-10-16(29)30)21(33)25-14(8-9-15(24)28)20(32)27-18(22(34)35)12(4)6-2/h11-14,17-18H,5-10,23H2,1-4H3,(H2,24,28)(H,25,33)(H,26,31)(H,27,32)(H,29,30)(H,34,35). The molecule has 0 aliphatic carbocycles. The highest BCUT2D eigenvalue weighted by molar-refractivity contribution is 5.94. The van der Waals surface area contributed by atoms with Crippen LogP contribution < -0.4 is 27.4 Å². The Hall–Kier alpha value is -3.22. The number of aliphatic carboxylic acids is 2. The van der Waals surface area contributed by atoms with Gasteiger partial charge < -0.3 is 37.6 Å². The molecule has 0 aromatic heterocycles. The number of carboxylic acid groups (broad SMARTS) is 2. The number of nitrogens with two attached hydrogens (primary N) is 2. The molecule has 35 heavy (non-hydrogen) atoms. The second-order valence-corrected chi connectivity index (χ2v) is 8.69. The Balaban J connectivity index is 5.64. The second kappa shape index (κ2) is 15.6. The van der Waals surface area contributed by atoms with Crippen molar-refractivity contribution in [2.45, 2.75) is 90.4 Å². The molecule has 0 aliphatic heterocycles. The summed E-state index contributed by atoms with van der Waals surface area (Å²) in [6.07, 6.45) is 0.0472. The van der Waals surface area contributed by atoms with Crippen LogP contribution in [-0.4, -0.2) is 69.9 Å². The van der Waals surface area contributed by atoms with Gasteiger partial charge in [-0.3, -0.25) is 24.0 Å². The molecular weight excluding hydrogens is 462 g/mol. The minimum absolute atomic E-state index is 0.133. The Morgan fingerprint density at radius 3 is 1.71 bits per heavy atom. The lowest BCUT2D eigenvalue weighted by Crippen LogP contribution is -2.59. The van der Waals surface area contributed by atoms with Crippen LogP contribution in [0.25, 0.3) is 0 Å². The normalized spacial score (nSPS) is 16.0. The molecule has 0 radical (unpaired) electrons. The lowest BCUT2D eigenvalue weighted by molar-refractivity contribution is -0.144. The summed E-state index contributed by atoms with van der Waals surface area (Å²) in [6.45, 7) is 6.88. The molecule has 0 fully saturated rings. The van der Waals surface area contributed by atoms with Crippen LogP contribution in [0.2, 0.25) is 0 Å². The van der Waals surface area contributed by atoms with Crippen molar-refractivity contribution in [2.24, 2.45) is 23.3 Å². The molecule has 0 aliphatic rings. The van der Waals surface area contributed by atoms with E-state index in [4.69, 9.17) is 16.6 Å². The third kappa shape index (κ3) is 11.7. The van der Waals surface area contributed by atoms with Crippen molar-refractivity contribution < 1.29 is 39.0 Å². The third-order valence-corrected chi connectivity index (χ3v) is 5.89. The topological polar surface area (TPSA) is 231 Å². The summed E-state index contributed by atoms with van der Waals surface area (Å²) in [5.74, 6) is -6.14. The van der Waals surface area contributed by atoms with Gasteiger partial charge in [-0.25, -0.2) is 4.79 Å². The van der Waals surface area contributed by atoms with Gasteiger partial charge in [0.1, 0.15) is 18.1 Å². The first-order valence-corrected chi connectivity index (χ1v) is 11.6. The first kappa shape index (κ1) is 31.8. The van der Waals surface area contributed by atoms with Crippen LogP contribution in [-0.2, 0) is 28.8 Å². The quantitative estimate of drug-likeness (QED) is 0.130. The predicted molar refractivity (Wildman–Crippen MR) is 126 cm³/mol. The van der Waals surface area contributed by atoms with E-state index in [1.54, 1.807) is 27.7 Å². The molecule has 4 amide bonds. The van der Waals surface area contributed by atoms with Crippen molar-refractivity contribution in [1.29, 1.82) is 0 Å². The lowest BCUT2D eigenvalue weighted by atomic mass is 9.96. The third-order valence-electron chi connectivity index (χ3n) is 5.89. The summed E-state index contributed by atoms with van der Waals surface area (Å²) in [4.78, 5) is 72.0. The first-order chi connectivity index (χ1) is 16.2. The summed E-state index contributed by atoms with van der Waals surface area (Å²) in [6, 6.07) is -4.77. The van der Waals surface area contributed by atoms with Gasteiger partial charge in [-0.15, -0.1) is 0 Å². The Bertz CT molecular complexity index is 775. The van der Waals surface area contributed by atoms with E-state index in [0.717, 1.165) is 0 Å². The van der Waals surface area contributed by atoms with Gasteiger partial charge in [0.15, 0.2) is 0 Å². The van der Waals surface area contributed by atoms with Gasteiger partial charge in [-0.2, -0.15) is 0 Å². The van der Waals surface area contributed by atoms with Crippen molar-refractivity contribution in [3.05, 3.63) is 0 Å². The summed E-state index contributed by atoms with van der Waals surface area (Å²) in [5, 5.41) is 25.6. The molecule has 0 spiro atoms. The minimum Gasteiger partial charge on any atom is -0.481 e. The smallest absolute Gasteiger partial charge is 0.326 e. The molecule has 0 saturated carbocycles. The fourth-order valence-electron chi connectivity index (χ4n) is 3.13. The Morgan fingerprint density at radius 2 is 1.26 bits per heavy atom. The molecule has 0 rings (SSSR count). The van der Waals surface area contributed by atoms with Gasteiger partial charge in [0.25, 0.3) is 0 Å². The molecule has 9 N–H and O–H groups in total. The van der Waals surface area contributed by atoms with E-state index in [1.165, 1.54) is 0 Å².